The highest BCUT2D eigenvalue weighted by atomic mass is 16.5. The predicted octanol–water partition coefficient (Wildman–Crippen LogP) is 4.10. The molecule has 1 unspecified atom stereocenters. The van der Waals surface area contributed by atoms with Crippen molar-refractivity contribution in [3.05, 3.63) is 64.7 Å². The van der Waals surface area contributed by atoms with Crippen molar-refractivity contribution in [2.45, 2.75) is 45.3 Å². The first kappa shape index (κ1) is 14.2. The van der Waals surface area contributed by atoms with Crippen LogP contribution in [0.5, 0.6) is 5.75 Å². The molecule has 0 aromatic heterocycles. The predicted molar refractivity (Wildman–Crippen MR) is 84.7 cm³/mol. The number of rotatable bonds is 4. The molecule has 0 heterocycles. The number of hydrogen-bond acceptors (Lipinski definition) is 2. The topological polar surface area (TPSA) is 29.5 Å². The van der Waals surface area contributed by atoms with Crippen LogP contribution in [0, 0.1) is 13.8 Å². The lowest BCUT2D eigenvalue weighted by Gasteiger charge is -2.27. The minimum absolute atomic E-state index is 0.398. The van der Waals surface area contributed by atoms with E-state index in [4.69, 9.17) is 4.74 Å². The lowest BCUT2D eigenvalue weighted by molar-refractivity contribution is 0.101. The maximum atomic E-state index is 11.0. The van der Waals surface area contributed by atoms with Crippen molar-refractivity contribution in [3.8, 4) is 5.75 Å². The first-order chi connectivity index (χ1) is 9.96. The molecule has 1 N–H and O–H groups in total. The van der Waals surface area contributed by atoms with Crippen molar-refractivity contribution in [2.24, 2.45) is 0 Å². The fourth-order valence-electron chi connectivity index (χ4n) is 2.65. The van der Waals surface area contributed by atoms with E-state index < -0.39 is 5.60 Å². The molecule has 1 aliphatic rings. The quantitative estimate of drug-likeness (QED) is 0.914. The Hall–Kier alpha value is -1.80. The third-order valence-corrected chi connectivity index (χ3v) is 4.16. The molecule has 0 amide bonds. The molecule has 2 nitrogen and oxygen atoms in total. The number of hydrogen-bond donors (Lipinski definition) is 1. The molecule has 1 fully saturated rings. The minimum atomic E-state index is -0.992. The Morgan fingerprint density at radius 1 is 1.05 bits per heavy atom. The summed E-state index contributed by atoms with van der Waals surface area (Å²) in [6.45, 7) is 5.94. The molecule has 2 aromatic carbocycles. The fourth-order valence-corrected chi connectivity index (χ4v) is 2.65. The van der Waals surface area contributed by atoms with Gasteiger partial charge in [0.1, 0.15) is 11.4 Å². The van der Waals surface area contributed by atoms with Crippen LogP contribution in [0.3, 0.4) is 0 Å². The van der Waals surface area contributed by atoms with Crippen LogP contribution in [-0.2, 0) is 5.60 Å². The monoisotopic (exact) mass is 282 g/mol. The first-order valence-electron chi connectivity index (χ1n) is 7.54. The summed E-state index contributed by atoms with van der Waals surface area (Å²) in [5.41, 5.74) is 3.11. The standard InChI is InChI=1S/C19H22O2/c1-13-4-5-14(2)18(12-13)19(3,20)15-6-8-16(9-7-15)21-17-10-11-17/h4-9,12,17,20H,10-11H2,1-3H3. The van der Waals surface area contributed by atoms with E-state index in [2.05, 4.69) is 18.2 Å². The van der Waals surface area contributed by atoms with Crippen molar-refractivity contribution in [1.82, 2.24) is 0 Å². The number of ether oxygens (including phenoxy) is 1. The largest absolute Gasteiger partial charge is 0.490 e. The van der Waals surface area contributed by atoms with Gasteiger partial charge in [-0.05, 0) is 62.4 Å². The number of benzene rings is 2. The molecule has 1 saturated carbocycles. The Bertz CT molecular complexity index is 637. The smallest absolute Gasteiger partial charge is 0.119 e. The van der Waals surface area contributed by atoms with Gasteiger partial charge in [-0.2, -0.15) is 0 Å². The maximum Gasteiger partial charge on any atom is 0.119 e. The molecule has 21 heavy (non-hydrogen) atoms. The Morgan fingerprint density at radius 3 is 2.33 bits per heavy atom. The summed E-state index contributed by atoms with van der Waals surface area (Å²) in [5, 5.41) is 11.0. The van der Waals surface area contributed by atoms with Gasteiger partial charge in [-0.3, -0.25) is 0 Å². The van der Waals surface area contributed by atoms with Crippen molar-refractivity contribution < 1.29 is 9.84 Å². The summed E-state index contributed by atoms with van der Waals surface area (Å²) in [6, 6.07) is 14.0. The number of aliphatic hydroxyl groups is 1. The molecule has 2 aromatic rings. The summed E-state index contributed by atoms with van der Waals surface area (Å²) in [7, 11) is 0. The van der Waals surface area contributed by atoms with Gasteiger partial charge >= 0.3 is 0 Å². The molecule has 0 aliphatic heterocycles. The second-order valence-electron chi connectivity index (χ2n) is 6.23. The Morgan fingerprint density at radius 2 is 1.71 bits per heavy atom. The Labute approximate surface area is 126 Å². The van der Waals surface area contributed by atoms with Gasteiger partial charge in [0.05, 0.1) is 6.10 Å². The van der Waals surface area contributed by atoms with E-state index in [0.29, 0.717) is 6.10 Å². The SMILES string of the molecule is Cc1ccc(C)c(C(C)(O)c2ccc(OC3CC3)cc2)c1. The van der Waals surface area contributed by atoms with E-state index in [9.17, 15) is 5.11 Å². The van der Waals surface area contributed by atoms with E-state index in [-0.39, 0.29) is 0 Å². The fraction of sp³-hybridized carbons (Fsp3) is 0.368. The van der Waals surface area contributed by atoms with Crippen LogP contribution in [0.4, 0.5) is 0 Å². The molecule has 1 aliphatic carbocycles. The van der Waals surface area contributed by atoms with Gasteiger partial charge < -0.3 is 9.84 Å². The van der Waals surface area contributed by atoms with Gasteiger partial charge in [0, 0.05) is 0 Å². The molecule has 2 heteroatoms. The molecule has 1 atom stereocenters. The summed E-state index contributed by atoms with van der Waals surface area (Å²) in [6.07, 6.45) is 2.71. The third kappa shape index (κ3) is 2.96. The van der Waals surface area contributed by atoms with Gasteiger partial charge in [-0.1, -0.05) is 35.9 Å². The van der Waals surface area contributed by atoms with Crippen LogP contribution in [0.2, 0.25) is 0 Å². The molecule has 0 radical (unpaired) electrons. The van der Waals surface area contributed by atoms with Gasteiger partial charge in [-0.15, -0.1) is 0 Å². The highest BCUT2D eigenvalue weighted by Crippen LogP contribution is 2.34. The third-order valence-electron chi connectivity index (χ3n) is 4.16. The highest BCUT2D eigenvalue weighted by molar-refractivity contribution is 5.43. The van der Waals surface area contributed by atoms with Gasteiger partial charge in [-0.25, -0.2) is 0 Å². The molecule has 0 bridgehead atoms. The highest BCUT2D eigenvalue weighted by Gasteiger charge is 2.28. The second kappa shape index (κ2) is 5.19. The summed E-state index contributed by atoms with van der Waals surface area (Å²) in [4.78, 5) is 0. The van der Waals surface area contributed by atoms with Crippen LogP contribution in [-0.4, -0.2) is 11.2 Å². The number of aryl methyl sites for hydroxylation is 2. The van der Waals surface area contributed by atoms with E-state index in [1.807, 2.05) is 45.0 Å². The molecule has 0 saturated heterocycles. The maximum absolute atomic E-state index is 11.0. The van der Waals surface area contributed by atoms with Crippen molar-refractivity contribution in [2.75, 3.05) is 0 Å². The van der Waals surface area contributed by atoms with E-state index in [1.54, 1.807) is 0 Å². The summed E-state index contributed by atoms with van der Waals surface area (Å²) in [5.74, 6) is 0.887. The van der Waals surface area contributed by atoms with Gasteiger partial charge in [0.25, 0.3) is 0 Å². The van der Waals surface area contributed by atoms with E-state index in [0.717, 1.165) is 40.8 Å². The van der Waals surface area contributed by atoms with Crippen molar-refractivity contribution >= 4 is 0 Å². The zero-order valence-corrected chi connectivity index (χ0v) is 12.9. The van der Waals surface area contributed by atoms with Crippen molar-refractivity contribution in [3.63, 3.8) is 0 Å². The second-order valence-corrected chi connectivity index (χ2v) is 6.23. The molecular weight excluding hydrogens is 260 g/mol. The zero-order valence-electron chi connectivity index (χ0n) is 12.9. The van der Waals surface area contributed by atoms with E-state index >= 15 is 0 Å². The first-order valence-corrected chi connectivity index (χ1v) is 7.54. The minimum Gasteiger partial charge on any atom is -0.490 e. The van der Waals surface area contributed by atoms with Gasteiger partial charge in [0.2, 0.25) is 0 Å². The Balaban J connectivity index is 1.90. The zero-order chi connectivity index (χ0) is 15.0. The molecule has 0 spiro atoms. The molecule has 110 valence electrons. The molecule has 3 rings (SSSR count). The van der Waals surface area contributed by atoms with Crippen LogP contribution in [0.15, 0.2) is 42.5 Å². The average molecular weight is 282 g/mol. The Kier molecular flexibility index (Phi) is 3.50. The van der Waals surface area contributed by atoms with Crippen LogP contribution < -0.4 is 4.74 Å². The summed E-state index contributed by atoms with van der Waals surface area (Å²) < 4.78 is 5.76. The van der Waals surface area contributed by atoms with Crippen LogP contribution >= 0.6 is 0 Å². The van der Waals surface area contributed by atoms with E-state index in [1.165, 1.54) is 0 Å². The average Bonchev–Trinajstić information content (AvgIpc) is 3.26. The lowest BCUT2D eigenvalue weighted by atomic mass is 9.85. The van der Waals surface area contributed by atoms with Crippen LogP contribution in [0.25, 0.3) is 0 Å². The van der Waals surface area contributed by atoms with Gasteiger partial charge in [0.15, 0.2) is 0 Å². The normalized spacial score (nSPS) is 17.3. The molecular formula is C19H22O2. The summed E-state index contributed by atoms with van der Waals surface area (Å²) >= 11 is 0. The van der Waals surface area contributed by atoms with Crippen molar-refractivity contribution in [1.29, 1.82) is 0 Å². The lowest BCUT2D eigenvalue weighted by Crippen LogP contribution is -2.24. The van der Waals surface area contributed by atoms with Crippen LogP contribution in [0.1, 0.15) is 42.0 Å².